The zero-order chi connectivity index (χ0) is 19.3. The molecule has 1 aromatic heterocycles. The molecular formula is C17H19ClN4O4. The summed E-state index contributed by atoms with van der Waals surface area (Å²) < 4.78 is 6.51. The maximum Gasteiger partial charge on any atom is 0.315 e. The second kappa shape index (κ2) is 8.48. The number of imidazole rings is 1. The van der Waals surface area contributed by atoms with E-state index in [0.29, 0.717) is 16.3 Å². The highest BCUT2D eigenvalue weighted by molar-refractivity contribution is 6.31. The first-order valence-electron chi connectivity index (χ1n) is 7.86. The van der Waals surface area contributed by atoms with Crippen molar-refractivity contribution in [1.82, 2.24) is 20.4 Å². The average Bonchev–Trinajstić information content (AvgIpc) is 2.91. The fourth-order valence-corrected chi connectivity index (χ4v) is 2.39. The molecule has 0 aliphatic carbocycles. The standard InChI is InChI=1S/C17H19ClN4O4/c1-4-26-16(24)8-15(23)20-21-17(25)12-5-11(6-13(18)7-12)14-9-22(3)10(2)19-14/h5-7,9H,4,8H2,1-3H3,(H,20,23)(H,21,25). The monoisotopic (exact) mass is 378 g/mol. The van der Waals surface area contributed by atoms with Crippen molar-refractivity contribution in [3.63, 3.8) is 0 Å². The van der Waals surface area contributed by atoms with Crippen molar-refractivity contribution < 1.29 is 19.1 Å². The lowest BCUT2D eigenvalue weighted by molar-refractivity contribution is -0.146. The number of amides is 2. The third kappa shape index (κ3) is 5.06. The van der Waals surface area contributed by atoms with Crippen LogP contribution in [0.15, 0.2) is 24.4 Å². The molecule has 0 atom stereocenters. The first kappa shape index (κ1) is 19.5. The number of rotatable bonds is 5. The predicted molar refractivity (Wildman–Crippen MR) is 95.2 cm³/mol. The minimum atomic E-state index is -0.681. The van der Waals surface area contributed by atoms with E-state index in [1.165, 1.54) is 6.07 Å². The Kier molecular flexibility index (Phi) is 6.35. The lowest BCUT2D eigenvalue weighted by Gasteiger charge is -2.08. The van der Waals surface area contributed by atoms with E-state index >= 15 is 0 Å². The first-order valence-corrected chi connectivity index (χ1v) is 8.23. The van der Waals surface area contributed by atoms with Gasteiger partial charge in [-0.05, 0) is 32.0 Å². The maximum atomic E-state index is 12.2. The van der Waals surface area contributed by atoms with Gasteiger partial charge >= 0.3 is 5.97 Å². The molecule has 2 aromatic rings. The normalized spacial score (nSPS) is 10.3. The van der Waals surface area contributed by atoms with Crippen molar-refractivity contribution in [2.24, 2.45) is 7.05 Å². The molecule has 26 heavy (non-hydrogen) atoms. The summed E-state index contributed by atoms with van der Waals surface area (Å²) in [7, 11) is 1.86. The van der Waals surface area contributed by atoms with Crippen LogP contribution in [0.5, 0.6) is 0 Å². The van der Waals surface area contributed by atoms with Gasteiger partial charge in [0.15, 0.2) is 0 Å². The fourth-order valence-electron chi connectivity index (χ4n) is 2.15. The highest BCUT2D eigenvalue weighted by Crippen LogP contribution is 2.24. The van der Waals surface area contributed by atoms with Crippen LogP contribution in [-0.4, -0.2) is 33.9 Å². The predicted octanol–water partition coefficient (Wildman–Crippen LogP) is 1.76. The first-order chi connectivity index (χ1) is 12.3. The number of halogens is 1. The van der Waals surface area contributed by atoms with Crippen molar-refractivity contribution in [1.29, 1.82) is 0 Å². The molecule has 1 heterocycles. The summed E-state index contributed by atoms with van der Waals surface area (Å²) in [5, 5.41) is 0.355. The Bertz CT molecular complexity index is 828. The number of esters is 1. The molecule has 9 heteroatoms. The molecule has 0 radical (unpaired) electrons. The largest absolute Gasteiger partial charge is 0.466 e. The molecule has 8 nitrogen and oxygen atoms in total. The smallest absolute Gasteiger partial charge is 0.315 e. The number of aryl methyl sites for hydroxylation is 2. The molecule has 0 fully saturated rings. The zero-order valence-corrected chi connectivity index (χ0v) is 15.4. The number of hydrogen-bond acceptors (Lipinski definition) is 5. The lowest BCUT2D eigenvalue weighted by atomic mass is 10.1. The van der Waals surface area contributed by atoms with Crippen molar-refractivity contribution in [3.8, 4) is 11.3 Å². The number of nitrogens with zero attached hydrogens (tertiary/aromatic N) is 2. The number of nitrogens with one attached hydrogen (secondary N) is 2. The van der Waals surface area contributed by atoms with E-state index in [2.05, 4.69) is 20.6 Å². The van der Waals surface area contributed by atoms with Crippen molar-refractivity contribution in [3.05, 3.63) is 40.8 Å². The van der Waals surface area contributed by atoms with Crippen LogP contribution in [0.2, 0.25) is 5.02 Å². The zero-order valence-electron chi connectivity index (χ0n) is 14.6. The van der Waals surface area contributed by atoms with E-state index in [-0.39, 0.29) is 12.2 Å². The minimum Gasteiger partial charge on any atom is -0.466 e. The maximum absolute atomic E-state index is 12.2. The number of aromatic nitrogens is 2. The number of hydrogen-bond donors (Lipinski definition) is 2. The van der Waals surface area contributed by atoms with Crippen LogP contribution in [0.1, 0.15) is 29.5 Å². The average molecular weight is 379 g/mol. The van der Waals surface area contributed by atoms with Gasteiger partial charge in [0.2, 0.25) is 5.91 Å². The Morgan fingerprint density at radius 3 is 2.58 bits per heavy atom. The molecule has 0 aliphatic heterocycles. The number of hydrazine groups is 1. The Balaban J connectivity index is 2.07. The van der Waals surface area contributed by atoms with E-state index in [1.54, 1.807) is 19.1 Å². The summed E-state index contributed by atoms with van der Waals surface area (Å²) in [4.78, 5) is 39.5. The highest BCUT2D eigenvalue weighted by atomic mass is 35.5. The van der Waals surface area contributed by atoms with Gasteiger partial charge in [0.25, 0.3) is 5.91 Å². The molecule has 2 N–H and O–H groups in total. The number of ether oxygens (including phenoxy) is 1. The van der Waals surface area contributed by atoms with Gasteiger partial charge in [-0.25, -0.2) is 4.98 Å². The van der Waals surface area contributed by atoms with Gasteiger partial charge in [0.1, 0.15) is 12.2 Å². The van der Waals surface area contributed by atoms with E-state index in [1.807, 2.05) is 24.7 Å². The molecule has 2 amide bonds. The molecule has 0 spiro atoms. The summed E-state index contributed by atoms with van der Waals surface area (Å²) in [6, 6.07) is 4.77. The second-order valence-corrected chi connectivity index (χ2v) is 5.93. The molecule has 1 aromatic carbocycles. The van der Waals surface area contributed by atoms with Gasteiger partial charge in [0.05, 0.1) is 12.3 Å². The third-order valence-electron chi connectivity index (χ3n) is 3.49. The van der Waals surface area contributed by atoms with Crippen LogP contribution in [-0.2, 0) is 21.4 Å². The van der Waals surface area contributed by atoms with Crippen LogP contribution in [0.25, 0.3) is 11.3 Å². The van der Waals surface area contributed by atoms with E-state index in [0.717, 1.165) is 5.82 Å². The molecule has 0 bridgehead atoms. The van der Waals surface area contributed by atoms with Crippen molar-refractivity contribution >= 4 is 29.4 Å². The molecule has 2 rings (SSSR count). The highest BCUT2D eigenvalue weighted by Gasteiger charge is 2.14. The molecule has 0 unspecified atom stereocenters. The number of carbonyl (C=O) groups excluding carboxylic acids is 3. The van der Waals surface area contributed by atoms with Gasteiger partial charge in [-0.3, -0.25) is 25.2 Å². The summed E-state index contributed by atoms with van der Waals surface area (Å²) >= 11 is 6.09. The summed E-state index contributed by atoms with van der Waals surface area (Å²) in [5.41, 5.74) is 5.99. The Labute approximate surface area is 155 Å². The Hall–Kier alpha value is -2.87. The molecule has 0 saturated heterocycles. The summed E-state index contributed by atoms with van der Waals surface area (Å²) in [6.07, 6.45) is 1.34. The summed E-state index contributed by atoms with van der Waals surface area (Å²) in [6.45, 7) is 3.68. The molecular weight excluding hydrogens is 360 g/mol. The Morgan fingerprint density at radius 2 is 1.96 bits per heavy atom. The summed E-state index contributed by atoms with van der Waals surface area (Å²) in [5.74, 6) is -1.11. The lowest BCUT2D eigenvalue weighted by Crippen LogP contribution is -2.42. The van der Waals surface area contributed by atoms with Gasteiger partial charge in [0, 0.05) is 29.4 Å². The Morgan fingerprint density at radius 1 is 1.23 bits per heavy atom. The molecule has 138 valence electrons. The van der Waals surface area contributed by atoms with Crippen molar-refractivity contribution in [2.75, 3.05) is 6.61 Å². The minimum absolute atomic E-state index is 0.177. The van der Waals surface area contributed by atoms with Gasteiger partial charge in [-0.15, -0.1) is 0 Å². The fraction of sp³-hybridized carbons (Fsp3) is 0.294. The van der Waals surface area contributed by atoms with Crippen molar-refractivity contribution in [2.45, 2.75) is 20.3 Å². The van der Waals surface area contributed by atoms with Crippen LogP contribution < -0.4 is 10.9 Å². The SMILES string of the molecule is CCOC(=O)CC(=O)NNC(=O)c1cc(Cl)cc(-c2cn(C)c(C)n2)c1. The van der Waals surface area contributed by atoms with E-state index in [9.17, 15) is 14.4 Å². The quantitative estimate of drug-likeness (QED) is 0.469. The van der Waals surface area contributed by atoms with Gasteiger partial charge in [-0.2, -0.15) is 0 Å². The van der Waals surface area contributed by atoms with Crippen LogP contribution in [0, 0.1) is 6.92 Å². The third-order valence-corrected chi connectivity index (χ3v) is 3.71. The van der Waals surface area contributed by atoms with E-state index in [4.69, 9.17) is 11.6 Å². The van der Waals surface area contributed by atoms with Crippen LogP contribution in [0.4, 0.5) is 0 Å². The van der Waals surface area contributed by atoms with Gasteiger partial charge in [-0.1, -0.05) is 11.6 Å². The second-order valence-electron chi connectivity index (χ2n) is 5.50. The van der Waals surface area contributed by atoms with Crippen LogP contribution >= 0.6 is 11.6 Å². The van der Waals surface area contributed by atoms with Crippen LogP contribution in [0.3, 0.4) is 0 Å². The van der Waals surface area contributed by atoms with Gasteiger partial charge < -0.3 is 9.30 Å². The molecule has 0 saturated carbocycles. The number of benzene rings is 1. The number of carbonyl (C=O) groups is 3. The molecule has 0 aliphatic rings. The van der Waals surface area contributed by atoms with E-state index < -0.39 is 24.2 Å². The topological polar surface area (TPSA) is 102 Å².